The van der Waals surface area contributed by atoms with Gasteiger partial charge in [0.25, 0.3) is 5.91 Å². The molecular weight excluding hydrogens is 462 g/mol. The van der Waals surface area contributed by atoms with Crippen molar-refractivity contribution in [1.29, 1.82) is 0 Å². The largest absolute Gasteiger partial charge is 0.488 e. The number of imide groups is 1. The van der Waals surface area contributed by atoms with E-state index in [1.54, 1.807) is 27.8 Å². The summed E-state index contributed by atoms with van der Waals surface area (Å²) in [6.45, 7) is 3.49. The Morgan fingerprint density at radius 3 is 2.64 bits per heavy atom. The summed E-state index contributed by atoms with van der Waals surface area (Å²) in [5.74, 6) is 0.00165. The Morgan fingerprint density at radius 1 is 1.11 bits per heavy atom. The highest BCUT2D eigenvalue weighted by Gasteiger charge is 2.32. The minimum Gasteiger partial charge on any atom is -0.488 e. The second kappa shape index (κ2) is 9.96. The van der Waals surface area contributed by atoms with Gasteiger partial charge in [0, 0.05) is 50.9 Å². The summed E-state index contributed by atoms with van der Waals surface area (Å²) in [5.41, 5.74) is 1.85. The van der Waals surface area contributed by atoms with Gasteiger partial charge in [-0.15, -0.1) is 0 Å². The summed E-state index contributed by atoms with van der Waals surface area (Å²) < 4.78 is 13.5. The van der Waals surface area contributed by atoms with E-state index in [0.29, 0.717) is 68.4 Å². The van der Waals surface area contributed by atoms with E-state index in [9.17, 15) is 14.4 Å². The number of ether oxygens (including phenoxy) is 2. The van der Waals surface area contributed by atoms with Crippen LogP contribution in [0.15, 0.2) is 36.4 Å². The molecule has 3 aromatic rings. The fourth-order valence-electron chi connectivity index (χ4n) is 4.92. The second-order valence-electron chi connectivity index (χ2n) is 9.07. The third kappa shape index (κ3) is 4.62. The maximum absolute atomic E-state index is 12.9. The fourth-order valence-corrected chi connectivity index (χ4v) is 4.92. The first-order valence-corrected chi connectivity index (χ1v) is 12.3. The van der Waals surface area contributed by atoms with Crippen molar-refractivity contribution >= 4 is 28.6 Å². The van der Waals surface area contributed by atoms with Crippen LogP contribution in [0.3, 0.4) is 0 Å². The summed E-state index contributed by atoms with van der Waals surface area (Å²) in [6.07, 6.45) is 2.05. The quantitative estimate of drug-likeness (QED) is 0.527. The van der Waals surface area contributed by atoms with Crippen LogP contribution in [0.4, 0.5) is 0 Å². The van der Waals surface area contributed by atoms with Crippen LogP contribution in [0.25, 0.3) is 10.9 Å². The first kappa shape index (κ1) is 23.8. The molecule has 0 saturated carbocycles. The monoisotopic (exact) mass is 491 g/mol. The smallest absolute Gasteiger partial charge is 0.272 e. The molecule has 10 heteroatoms. The number of pyridine rings is 1. The Hall–Kier alpha value is -3.95. The Kier molecular flexibility index (Phi) is 6.58. The van der Waals surface area contributed by atoms with E-state index >= 15 is 0 Å². The number of hydrogen-bond donors (Lipinski definition) is 1. The molecule has 2 aliphatic heterocycles. The molecule has 2 saturated heterocycles. The lowest BCUT2D eigenvalue weighted by Gasteiger charge is -2.32. The number of nitrogens with zero attached hydrogens (tertiary/aromatic N) is 4. The van der Waals surface area contributed by atoms with Gasteiger partial charge in [0.15, 0.2) is 0 Å². The molecule has 0 radical (unpaired) electrons. The number of nitrogens with one attached hydrogen (secondary N) is 1. The zero-order chi connectivity index (χ0) is 25.2. The van der Waals surface area contributed by atoms with Gasteiger partial charge < -0.3 is 14.4 Å². The standard InChI is InChI=1S/C26H29N5O5/c1-3-35-22-9-5-7-19(27-22)26(34)31-14-12-16(13-15-31)36-20-8-4-6-17-23(29-30(2)24(17)20)18-10-11-21(32)28-25(18)33/h4-9,16,18H,3,10-15H2,1-2H3,(H,28,32,33). The first-order valence-electron chi connectivity index (χ1n) is 12.3. The molecule has 188 valence electrons. The molecule has 1 atom stereocenters. The maximum Gasteiger partial charge on any atom is 0.272 e. The summed E-state index contributed by atoms with van der Waals surface area (Å²) in [5, 5.41) is 7.89. The molecule has 2 aliphatic rings. The molecule has 3 amide bonds. The first-order chi connectivity index (χ1) is 17.4. The normalized spacial score (nSPS) is 18.8. The molecule has 2 aromatic heterocycles. The number of carbonyl (C=O) groups excluding carboxylic acids is 3. The number of para-hydroxylation sites is 1. The number of rotatable bonds is 6. The Bertz CT molecular complexity index is 1310. The van der Waals surface area contributed by atoms with Crippen LogP contribution in [-0.4, -0.2) is 63.2 Å². The second-order valence-corrected chi connectivity index (χ2v) is 9.07. The van der Waals surface area contributed by atoms with Crippen molar-refractivity contribution in [1.82, 2.24) is 25.0 Å². The van der Waals surface area contributed by atoms with Crippen molar-refractivity contribution in [3.63, 3.8) is 0 Å². The number of aromatic nitrogens is 3. The van der Waals surface area contributed by atoms with E-state index in [1.807, 2.05) is 32.2 Å². The van der Waals surface area contributed by atoms with E-state index in [-0.39, 0.29) is 23.8 Å². The van der Waals surface area contributed by atoms with E-state index in [4.69, 9.17) is 9.47 Å². The lowest BCUT2D eigenvalue weighted by atomic mass is 9.93. The van der Waals surface area contributed by atoms with Crippen molar-refractivity contribution in [3.8, 4) is 11.6 Å². The van der Waals surface area contributed by atoms with Crippen LogP contribution >= 0.6 is 0 Å². The summed E-state index contributed by atoms with van der Waals surface area (Å²) in [6, 6.07) is 10.9. The SMILES string of the molecule is CCOc1cccc(C(=O)N2CCC(Oc3cccc4c(C5CCC(=O)NC5=O)nn(C)c34)CC2)n1. The van der Waals surface area contributed by atoms with Gasteiger partial charge in [0.1, 0.15) is 23.1 Å². The molecule has 0 spiro atoms. The summed E-state index contributed by atoms with van der Waals surface area (Å²) >= 11 is 0. The van der Waals surface area contributed by atoms with Gasteiger partial charge in [-0.05, 0) is 25.5 Å². The number of hydrogen-bond acceptors (Lipinski definition) is 7. The molecule has 0 bridgehead atoms. The lowest BCUT2D eigenvalue weighted by molar-refractivity contribution is -0.134. The van der Waals surface area contributed by atoms with Gasteiger partial charge in [-0.1, -0.05) is 18.2 Å². The van der Waals surface area contributed by atoms with Crippen molar-refractivity contribution in [3.05, 3.63) is 47.8 Å². The number of fused-ring (bicyclic) bond motifs is 1. The van der Waals surface area contributed by atoms with E-state index in [1.165, 1.54) is 0 Å². The van der Waals surface area contributed by atoms with Crippen LogP contribution in [0.5, 0.6) is 11.6 Å². The lowest BCUT2D eigenvalue weighted by Crippen LogP contribution is -2.42. The van der Waals surface area contributed by atoms with Crippen LogP contribution < -0.4 is 14.8 Å². The molecule has 1 aromatic carbocycles. The fraction of sp³-hybridized carbons (Fsp3) is 0.423. The van der Waals surface area contributed by atoms with Crippen LogP contribution in [-0.2, 0) is 16.6 Å². The van der Waals surface area contributed by atoms with Gasteiger partial charge in [-0.2, -0.15) is 5.10 Å². The minimum absolute atomic E-state index is 0.0590. The van der Waals surface area contributed by atoms with Gasteiger partial charge in [-0.3, -0.25) is 24.4 Å². The third-order valence-corrected chi connectivity index (χ3v) is 6.68. The average molecular weight is 492 g/mol. The maximum atomic E-state index is 12.9. The molecule has 1 unspecified atom stereocenters. The van der Waals surface area contributed by atoms with Crippen molar-refractivity contribution in [2.24, 2.45) is 7.05 Å². The molecular formula is C26H29N5O5. The predicted molar refractivity (Wildman–Crippen MR) is 131 cm³/mol. The van der Waals surface area contributed by atoms with Crippen LogP contribution in [0.2, 0.25) is 0 Å². The molecule has 10 nitrogen and oxygen atoms in total. The minimum atomic E-state index is -0.467. The van der Waals surface area contributed by atoms with E-state index in [0.717, 1.165) is 10.9 Å². The van der Waals surface area contributed by atoms with Gasteiger partial charge >= 0.3 is 0 Å². The van der Waals surface area contributed by atoms with Crippen LogP contribution in [0, 0.1) is 0 Å². The average Bonchev–Trinajstić information content (AvgIpc) is 3.21. The van der Waals surface area contributed by atoms with Gasteiger partial charge in [0.05, 0.1) is 18.2 Å². The number of piperidine rings is 2. The zero-order valence-corrected chi connectivity index (χ0v) is 20.4. The number of amides is 3. The zero-order valence-electron chi connectivity index (χ0n) is 20.4. The molecule has 4 heterocycles. The molecule has 2 fully saturated rings. The topological polar surface area (TPSA) is 116 Å². The summed E-state index contributed by atoms with van der Waals surface area (Å²) in [7, 11) is 1.83. The van der Waals surface area contributed by atoms with Crippen LogP contribution in [0.1, 0.15) is 54.7 Å². The highest BCUT2D eigenvalue weighted by atomic mass is 16.5. The third-order valence-electron chi connectivity index (χ3n) is 6.68. The highest BCUT2D eigenvalue weighted by molar-refractivity contribution is 6.03. The number of carbonyl (C=O) groups is 3. The molecule has 5 rings (SSSR count). The Morgan fingerprint density at radius 2 is 1.89 bits per heavy atom. The number of benzene rings is 1. The molecule has 1 N–H and O–H groups in total. The Balaban J connectivity index is 1.28. The highest BCUT2D eigenvalue weighted by Crippen LogP contribution is 2.35. The van der Waals surface area contributed by atoms with Crippen molar-refractivity contribution in [2.75, 3.05) is 19.7 Å². The summed E-state index contributed by atoms with van der Waals surface area (Å²) in [4.78, 5) is 43.1. The van der Waals surface area contributed by atoms with E-state index in [2.05, 4.69) is 15.4 Å². The van der Waals surface area contributed by atoms with Crippen molar-refractivity contribution < 1.29 is 23.9 Å². The number of aryl methyl sites for hydroxylation is 1. The predicted octanol–water partition coefficient (Wildman–Crippen LogP) is 2.57. The van der Waals surface area contributed by atoms with Gasteiger partial charge in [-0.25, -0.2) is 4.98 Å². The Labute approximate surface area is 208 Å². The molecule has 0 aliphatic carbocycles. The number of likely N-dealkylation sites (tertiary alicyclic amines) is 1. The van der Waals surface area contributed by atoms with E-state index < -0.39 is 5.92 Å². The molecule has 36 heavy (non-hydrogen) atoms. The van der Waals surface area contributed by atoms with Crippen molar-refractivity contribution in [2.45, 2.75) is 44.6 Å². The van der Waals surface area contributed by atoms with Gasteiger partial charge in [0.2, 0.25) is 17.7 Å².